The molecule has 0 spiro atoms. The highest BCUT2D eigenvalue weighted by atomic mass is 16.3. The molecule has 0 fully saturated rings. The third-order valence-corrected chi connectivity index (χ3v) is 2.09. The minimum Gasteiger partial charge on any atom is -0.396 e. The second-order valence-corrected chi connectivity index (χ2v) is 3.64. The summed E-state index contributed by atoms with van der Waals surface area (Å²) in [5.74, 6) is -0.150. The van der Waals surface area contributed by atoms with Crippen molar-refractivity contribution in [2.75, 3.05) is 19.7 Å². The molecule has 1 amide bonds. The Kier molecular flexibility index (Phi) is 7.37. The van der Waals surface area contributed by atoms with E-state index in [0.717, 1.165) is 19.4 Å². The molecule has 0 heterocycles. The van der Waals surface area contributed by atoms with Crippen molar-refractivity contribution in [3.8, 4) is 0 Å². The molecule has 0 saturated carbocycles. The van der Waals surface area contributed by atoms with Gasteiger partial charge in [-0.1, -0.05) is 6.92 Å². The molecule has 0 saturated heterocycles. The fraction of sp³-hybridized carbons (Fsp3) is 0.889. The minimum absolute atomic E-state index is 0.223. The molecule has 0 radical (unpaired) electrons. The average molecular weight is 203 g/mol. The van der Waals surface area contributed by atoms with E-state index < -0.39 is 11.9 Å². The van der Waals surface area contributed by atoms with Crippen molar-refractivity contribution in [2.24, 2.45) is 17.4 Å². The second kappa shape index (κ2) is 7.73. The molecule has 2 atom stereocenters. The average Bonchev–Trinajstić information content (AvgIpc) is 2.16. The Bertz CT molecular complexity index is 164. The van der Waals surface area contributed by atoms with Gasteiger partial charge in [-0.2, -0.15) is 0 Å². The molecule has 0 aromatic heterocycles. The van der Waals surface area contributed by atoms with Gasteiger partial charge in [-0.15, -0.1) is 0 Å². The Hall–Kier alpha value is -0.650. The van der Waals surface area contributed by atoms with E-state index in [2.05, 4.69) is 5.32 Å². The number of carbonyl (C=O) groups is 1. The maximum absolute atomic E-state index is 10.5. The predicted molar refractivity (Wildman–Crippen MR) is 55.5 cm³/mol. The SMILES string of the molecule is CC(CO)CCCNCC(N)C(N)=O. The van der Waals surface area contributed by atoms with Crippen LogP contribution in [-0.4, -0.2) is 36.8 Å². The van der Waals surface area contributed by atoms with Gasteiger partial charge in [0.2, 0.25) is 5.91 Å². The number of carbonyl (C=O) groups excluding carboxylic acids is 1. The molecule has 0 rings (SSSR count). The molecule has 0 aliphatic heterocycles. The second-order valence-electron chi connectivity index (χ2n) is 3.64. The van der Waals surface area contributed by atoms with Crippen LogP contribution in [0.5, 0.6) is 0 Å². The number of nitrogens with two attached hydrogens (primary N) is 2. The van der Waals surface area contributed by atoms with Crippen molar-refractivity contribution < 1.29 is 9.90 Å². The summed E-state index contributed by atoms with van der Waals surface area (Å²) in [6, 6.07) is -0.606. The molecular formula is C9H21N3O2. The van der Waals surface area contributed by atoms with Gasteiger partial charge in [0, 0.05) is 13.2 Å². The fourth-order valence-electron chi connectivity index (χ4n) is 1.02. The first kappa shape index (κ1) is 13.4. The number of hydrogen-bond acceptors (Lipinski definition) is 4. The number of primary amides is 1. The zero-order valence-electron chi connectivity index (χ0n) is 8.70. The summed E-state index contributed by atoms with van der Waals surface area (Å²) in [6.45, 7) is 3.43. The molecule has 0 aliphatic carbocycles. The first-order valence-corrected chi connectivity index (χ1v) is 4.94. The summed E-state index contributed by atoms with van der Waals surface area (Å²) in [5.41, 5.74) is 10.4. The van der Waals surface area contributed by atoms with Crippen LogP contribution in [0.4, 0.5) is 0 Å². The standard InChI is InChI=1S/C9H21N3O2/c1-7(6-13)3-2-4-12-5-8(10)9(11)14/h7-8,12-13H,2-6,10H2,1H3,(H2,11,14). The van der Waals surface area contributed by atoms with Gasteiger partial charge < -0.3 is 21.9 Å². The lowest BCUT2D eigenvalue weighted by atomic mass is 10.1. The van der Waals surface area contributed by atoms with Crippen LogP contribution in [0.15, 0.2) is 0 Å². The maximum Gasteiger partial charge on any atom is 0.235 e. The number of hydrogen-bond donors (Lipinski definition) is 4. The fourth-order valence-corrected chi connectivity index (χ4v) is 1.02. The van der Waals surface area contributed by atoms with Gasteiger partial charge in [-0.05, 0) is 25.3 Å². The van der Waals surface area contributed by atoms with E-state index >= 15 is 0 Å². The molecule has 0 aliphatic rings. The number of aliphatic hydroxyl groups is 1. The molecule has 0 bridgehead atoms. The van der Waals surface area contributed by atoms with Crippen LogP contribution in [0.1, 0.15) is 19.8 Å². The Morgan fingerprint density at radius 3 is 2.71 bits per heavy atom. The highest BCUT2D eigenvalue weighted by molar-refractivity contribution is 5.79. The van der Waals surface area contributed by atoms with Gasteiger partial charge in [-0.3, -0.25) is 4.79 Å². The van der Waals surface area contributed by atoms with E-state index in [9.17, 15) is 4.79 Å². The quantitative estimate of drug-likeness (QED) is 0.372. The highest BCUT2D eigenvalue weighted by Gasteiger charge is 2.07. The van der Waals surface area contributed by atoms with Crippen molar-refractivity contribution in [3.63, 3.8) is 0 Å². The molecule has 84 valence electrons. The van der Waals surface area contributed by atoms with Crippen LogP contribution in [0.25, 0.3) is 0 Å². The topological polar surface area (TPSA) is 101 Å². The van der Waals surface area contributed by atoms with E-state index in [4.69, 9.17) is 16.6 Å². The monoisotopic (exact) mass is 203 g/mol. The van der Waals surface area contributed by atoms with Crippen LogP contribution >= 0.6 is 0 Å². The van der Waals surface area contributed by atoms with Gasteiger partial charge >= 0.3 is 0 Å². The zero-order chi connectivity index (χ0) is 11.0. The maximum atomic E-state index is 10.5. The molecule has 5 nitrogen and oxygen atoms in total. The third kappa shape index (κ3) is 6.82. The smallest absolute Gasteiger partial charge is 0.235 e. The van der Waals surface area contributed by atoms with Crippen molar-refractivity contribution in [1.29, 1.82) is 0 Å². The van der Waals surface area contributed by atoms with E-state index in [1.54, 1.807) is 0 Å². The predicted octanol–water partition coefficient (Wildman–Crippen LogP) is -1.20. The Balaban J connectivity index is 3.25. The van der Waals surface area contributed by atoms with Gasteiger partial charge in [0.05, 0.1) is 6.04 Å². The largest absolute Gasteiger partial charge is 0.396 e. The number of amides is 1. The number of aliphatic hydroxyl groups excluding tert-OH is 1. The summed E-state index contributed by atoms with van der Waals surface area (Å²) in [7, 11) is 0. The number of nitrogens with one attached hydrogen (secondary N) is 1. The molecule has 2 unspecified atom stereocenters. The first-order valence-electron chi connectivity index (χ1n) is 4.94. The van der Waals surface area contributed by atoms with Crippen LogP contribution in [0.2, 0.25) is 0 Å². The summed E-state index contributed by atoms with van der Waals surface area (Å²) >= 11 is 0. The lowest BCUT2D eigenvalue weighted by Gasteiger charge is -2.10. The molecule has 5 heteroatoms. The molecular weight excluding hydrogens is 182 g/mol. The minimum atomic E-state index is -0.606. The van der Waals surface area contributed by atoms with Crippen LogP contribution < -0.4 is 16.8 Å². The van der Waals surface area contributed by atoms with Crippen LogP contribution in [0.3, 0.4) is 0 Å². The van der Waals surface area contributed by atoms with E-state index in [1.165, 1.54) is 0 Å². The Morgan fingerprint density at radius 1 is 1.57 bits per heavy atom. The van der Waals surface area contributed by atoms with Crippen LogP contribution in [0, 0.1) is 5.92 Å². The molecule has 0 aromatic carbocycles. The van der Waals surface area contributed by atoms with Gasteiger partial charge in [0.1, 0.15) is 0 Å². The van der Waals surface area contributed by atoms with E-state index in [0.29, 0.717) is 12.5 Å². The van der Waals surface area contributed by atoms with Crippen molar-refractivity contribution in [1.82, 2.24) is 5.32 Å². The first-order chi connectivity index (χ1) is 6.57. The van der Waals surface area contributed by atoms with Gasteiger partial charge in [0.15, 0.2) is 0 Å². The van der Waals surface area contributed by atoms with Gasteiger partial charge in [-0.25, -0.2) is 0 Å². The highest BCUT2D eigenvalue weighted by Crippen LogP contribution is 2.02. The summed E-state index contributed by atoms with van der Waals surface area (Å²) in [5, 5.41) is 11.8. The Labute approximate surface area is 84.8 Å². The van der Waals surface area contributed by atoms with Crippen molar-refractivity contribution in [3.05, 3.63) is 0 Å². The van der Waals surface area contributed by atoms with Crippen molar-refractivity contribution >= 4 is 5.91 Å². The van der Waals surface area contributed by atoms with Gasteiger partial charge in [0.25, 0.3) is 0 Å². The summed E-state index contributed by atoms with van der Waals surface area (Å²) < 4.78 is 0. The molecule has 14 heavy (non-hydrogen) atoms. The van der Waals surface area contributed by atoms with E-state index in [-0.39, 0.29) is 6.61 Å². The third-order valence-electron chi connectivity index (χ3n) is 2.09. The lowest BCUT2D eigenvalue weighted by Crippen LogP contribution is -2.44. The summed E-state index contributed by atoms with van der Waals surface area (Å²) in [6.07, 6.45) is 1.93. The molecule has 6 N–H and O–H groups in total. The summed E-state index contributed by atoms with van der Waals surface area (Å²) in [4.78, 5) is 10.5. The lowest BCUT2D eigenvalue weighted by molar-refractivity contribution is -0.119. The van der Waals surface area contributed by atoms with Crippen molar-refractivity contribution in [2.45, 2.75) is 25.8 Å². The Morgan fingerprint density at radius 2 is 2.21 bits per heavy atom. The molecule has 0 aromatic rings. The zero-order valence-corrected chi connectivity index (χ0v) is 8.70. The van der Waals surface area contributed by atoms with Crippen LogP contribution in [-0.2, 0) is 4.79 Å². The normalized spacial score (nSPS) is 15.1. The van der Waals surface area contributed by atoms with E-state index in [1.807, 2.05) is 6.92 Å². The number of rotatable bonds is 8.